The summed E-state index contributed by atoms with van der Waals surface area (Å²) in [6.07, 6.45) is -2.83. The van der Waals surface area contributed by atoms with Gasteiger partial charge in [-0.25, -0.2) is 17.2 Å². The van der Waals surface area contributed by atoms with Gasteiger partial charge in [-0.15, -0.1) is 0 Å². The molecule has 8 heteroatoms. The van der Waals surface area contributed by atoms with E-state index in [1.807, 2.05) is 0 Å². The Balaban J connectivity index is 3.37. The molecule has 0 spiro atoms. The van der Waals surface area contributed by atoms with E-state index in [9.17, 15) is 17.2 Å². The quantitative estimate of drug-likeness (QED) is 0.772. The van der Waals surface area contributed by atoms with Crippen LogP contribution in [-0.4, -0.2) is 44.0 Å². The summed E-state index contributed by atoms with van der Waals surface area (Å²) >= 11 is 0. The SMILES string of the molecule is Cc1ccc(N)c(S(=O)(=O)N(CCO)CC(F)F)c1C. The van der Waals surface area contributed by atoms with Crippen LogP contribution in [0.3, 0.4) is 0 Å². The zero-order valence-electron chi connectivity index (χ0n) is 11.3. The molecule has 0 saturated heterocycles. The molecule has 0 aliphatic carbocycles. The molecule has 0 aliphatic heterocycles. The molecule has 0 bridgehead atoms. The standard InChI is InChI=1S/C12H18F2N2O3S/c1-8-3-4-10(15)12(9(8)2)20(18,19)16(5-6-17)7-11(13)14/h3-4,11,17H,5-7,15H2,1-2H3. The van der Waals surface area contributed by atoms with Crippen LogP contribution in [0, 0.1) is 13.8 Å². The summed E-state index contributed by atoms with van der Waals surface area (Å²) in [6.45, 7) is 1.35. The second kappa shape index (κ2) is 6.47. The summed E-state index contributed by atoms with van der Waals surface area (Å²) in [5.41, 5.74) is 6.80. The largest absolute Gasteiger partial charge is 0.398 e. The van der Waals surface area contributed by atoms with Crippen LogP contribution in [0.2, 0.25) is 0 Å². The lowest BCUT2D eigenvalue weighted by Crippen LogP contribution is -2.38. The van der Waals surface area contributed by atoms with Gasteiger partial charge in [-0.3, -0.25) is 0 Å². The van der Waals surface area contributed by atoms with Crippen molar-refractivity contribution in [1.82, 2.24) is 4.31 Å². The number of sulfonamides is 1. The molecule has 0 amide bonds. The smallest absolute Gasteiger partial charge is 0.252 e. The average molecular weight is 308 g/mol. The third kappa shape index (κ3) is 3.44. The van der Waals surface area contributed by atoms with Gasteiger partial charge in [0, 0.05) is 6.54 Å². The number of nitrogens with two attached hydrogens (primary N) is 1. The highest BCUT2D eigenvalue weighted by atomic mass is 32.2. The molecule has 0 atom stereocenters. The van der Waals surface area contributed by atoms with Gasteiger partial charge < -0.3 is 10.8 Å². The molecule has 0 aromatic heterocycles. The molecule has 114 valence electrons. The topological polar surface area (TPSA) is 83.6 Å². The minimum absolute atomic E-state index is 0.00491. The van der Waals surface area contributed by atoms with Gasteiger partial charge in [0.25, 0.3) is 6.43 Å². The zero-order valence-corrected chi connectivity index (χ0v) is 12.1. The van der Waals surface area contributed by atoms with Crippen molar-refractivity contribution in [3.63, 3.8) is 0 Å². The van der Waals surface area contributed by atoms with E-state index in [-0.39, 0.29) is 10.6 Å². The van der Waals surface area contributed by atoms with E-state index in [2.05, 4.69) is 0 Å². The predicted octanol–water partition coefficient (Wildman–Crippen LogP) is 1.13. The van der Waals surface area contributed by atoms with Gasteiger partial charge in [0.2, 0.25) is 10.0 Å². The van der Waals surface area contributed by atoms with E-state index in [1.165, 1.54) is 6.07 Å². The lowest BCUT2D eigenvalue weighted by atomic mass is 10.1. The normalized spacial score (nSPS) is 12.3. The molecule has 20 heavy (non-hydrogen) atoms. The van der Waals surface area contributed by atoms with Gasteiger partial charge in [-0.2, -0.15) is 4.31 Å². The number of nitrogens with zero attached hydrogens (tertiary/aromatic N) is 1. The monoisotopic (exact) mass is 308 g/mol. The fourth-order valence-corrected chi connectivity index (χ4v) is 3.66. The minimum atomic E-state index is -4.17. The van der Waals surface area contributed by atoms with Gasteiger partial charge in [0.05, 0.1) is 18.8 Å². The van der Waals surface area contributed by atoms with Crippen LogP contribution in [0.25, 0.3) is 0 Å². The number of hydrogen-bond acceptors (Lipinski definition) is 4. The number of aryl methyl sites for hydroxylation is 1. The first-order valence-corrected chi connectivity index (χ1v) is 7.40. The Morgan fingerprint density at radius 3 is 2.45 bits per heavy atom. The first kappa shape index (κ1) is 16.8. The first-order valence-electron chi connectivity index (χ1n) is 5.96. The van der Waals surface area contributed by atoms with Crippen molar-refractivity contribution in [2.45, 2.75) is 25.2 Å². The van der Waals surface area contributed by atoms with E-state index >= 15 is 0 Å². The number of aliphatic hydroxyl groups is 1. The molecule has 1 rings (SSSR count). The Bertz CT molecular complexity index is 576. The van der Waals surface area contributed by atoms with E-state index in [1.54, 1.807) is 19.9 Å². The minimum Gasteiger partial charge on any atom is -0.398 e. The highest BCUT2D eigenvalue weighted by Crippen LogP contribution is 2.28. The molecular weight excluding hydrogens is 290 g/mol. The number of hydrogen-bond donors (Lipinski definition) is 2. The predicted molar refractivity (Wildman–Crippen MR) is 72.2 cm³/mol. The van der Waals surface area contributed by atoms with Gasteiger partial charge >= 0.3 is 0 Å². The summed E-state index contributed by atoms with van der Waals surface area (Å²) in [5.74, 6) is 0. The van der Waals surface area contributed by atoms with Crippen molar-refractivity contribution in [3.8, 4) is 0 Å². The lowest BCUT2D eigenvalue weighted by Gasteiger charge is -2.23. The number of halogens is 2. The molecule has 3 N–H and O–H groups in total. The van der Waals surface area contributed by atoms with Crippen molar-refractivity contribution in [2.75, 3.05) is 25.4 Å². The Morgan fingerprint density at radius 1 is 1.35 bits per heavy atom. The summed E-state index contributed by atoms with van der Waals surface area (Å²) in [6, 6.07) is 3.09. The van der Waals surface area contributed by atoms with E-state index in [0.29, 0.717) is 15.4 Å². The highest BCUT2D eigenvalue weighted by Gasteiger charge is 2.30. The Labute approximate surface area is 117 Å². The summed E-state index contributed by atoms with van der Waals surface area (Å²) < 4.78 is 50.5. The first-order chi connectivity index (χ1) is 9.21. The molecule has 5 nitrogen and oxygen atoms in total. The third-order valence-corrected chi connectivity index (χ3v) is 5.07. The van der Waals surface area contributed by atoms with Crippen LogP contribution >= 0.6 is 0 Å². The van der Waals surface area contributed by atoms with Gasteiger partial charge in [0.1, 0.15) is 4.90 Å². The van der Waals surface area contributed by atoms with Crippen LogP contribution in [-0.2, 0) is 10.0 Å². The van der Waals surface area contributed by atoms with E-state index in [4.69, 9.17) is 10.8 Å². The van der Waals surface area contributed by atoms with Crippen molar-refractivity contribution >= 4 is 15.7 Å². The van der Waals surface area contributed by atoms with Crippen molar-refractivity contribution in [3.05, 3.63) is 23.3 Å². The summed E-state index contributed by atoms with van der Waals surface area (Å²) in [4.78, 5) is -0.174. The number of alkyl halides is 2. The second-order valence-electron chi connectivity index (χ2n) is 4.40. The fraction of sp³-hybridized carbons (Fsp3) is 0.500. The van der Waals surface area contributed by atoms with Crippen molar-refractivity contribution in [1.29, 1.82) is 0 Å². The average Bonchev–Trinajstić information content (AvgIpc) is 2.33. The molecule has 0 unspecified atom stereocenters. The molecule has 1 aromatic rings. The third-order valence-electron chi connectivity index (χ3n) is 3.00. The molecule has 0 fully saturated rings. The maximum Gasteiger partial charge on any atom is 0.252 e. The van der Waals surface area contributed by atoms with E-state index < -0.39 is 36.1 Å². The number of aliphatic hydroxyl groups excluding tert-OH is 1. The highest BCUT2D eigenvalue weighted by molar-refractivity contribution is 7.89. The molecule has 0 aliphatic rings. The zero-order chi connectivity index (χ0) is 15.5. The van der Waals surface area contributed by atoms with Crippen LogP contribution in [0.1, 0.15) is 11.1 Å². The van der Waals surface area contributed by atoms with Gasteiger partial charge in [0.15, 0.2) is 0 Å². The summed E-state index contributed by atoms with van der Waals surface area (Å²) in [5, 5.41) is 8.87. The maximum absolute atomic E-state index is 12.5. The van der Waals surface area contributed by atoms with E-state index in [0.717, 1.165) is 0 Å². The lowest BCUT2D eigenvalue weighted by molar-refractivity contribution is 0.113. The van der Waals surface area contributed by atoms with Gasteiger partial charge in [-0.05, 0) is 31.0 Å². The Hall–Kier alpha value is -1.25. The maximum atomic E-state index is 12.5. The Kier molecular flexibility index (Phi) is 5.43. The molecule has 0 heterocycles. The molecular formula is C12H18F2N2O3S. The molecule has 1 aromatic carbocycles. The van der Waals surface area contributed by atoms with Crippen molar-refractivity contribution in [2.24, 2.45) is 0 Å². The summed E-state index contributed by atoms with van der Waals surface area (Å²) in [7, 11) is -4.17. The number of anilines is 1. The Morgan fingerprint density at radius 2 is 1.95 bits per heavy atom. The fourth-order valence-electron chi connectivity index (χ4n) is 1.86. The van der Waals surface area contributed by atoms with Crippen LogP contribution in [0.4, 0.5) is 14.5 Å². The van der Waals surface area contributed by atoms with Crippen LogP contribution < -0.4 is 5.73 Å². The van der Waals surface area contributed by atoms with Crippen LogP contribution in [0.5, 0.6) is 0 Å². The van der Waals surface area contributed by atoms with Gasteiger partial charge in [-0.1, -0.05) is 6.07 Å². The number of rotatable bonds is 6. The van der Waals surface area contributed by atoms with Crippen molar-refractivity contribution < 1.29 is 22.3 Å². The number of benzene rings is 1. The molecule has 0 saturated carbocycles. The number of nitrogen functional groups attached to an aromatic ring is 1. The second-order valence-corrected chi connectivity index (χ2v) is 6.28. The van der Waals surface area contributed by atoms with Crippen LogP contribution in [0.15, 0.2) is 17.0 Å². The molecule has 0 radical (unpaired) electrons.